The third-order valence-corrected chi connectivity index (χ3v) is 6.18. The predicted molar refractivity (Wildman–Crippen MR) is 111 cm³/mol. The molecular formula is C23H27ClN2O2. The Morgan fingerprint density at radius 1 is 1.21 bits per heavy atom. The molecule has 2 saturated heterocycles. The molecule has 0 aliphatic carbocycles. The summed E-state index contributed by atoms with van der Waals surface area (Å²) in [5.41, 5.74) is 4.56. The van der Waals surface area contributed by atoms with Crippen LogP contribution in [0.1, 0.15) is 54.1 Å². The molecule has 0 radical (unpaired) electrons. The van der Waals surface area contributed by atoms with Crippen molar-refractivity contribution in [2.24, 2.45) is 0 Å². The van der Waals surface area contributed by atoms with Crippen molar-refractivity contribution in [3.05, 3.63) is 63.9 Å². The van der Waals surface area contributed by atoms with Crippen molar-refractivity contribution in [2.75, 3.05) is 19.7 Å². The van der Waals surface area contributed by atoms with E-state index in [4.69, 9.17) is 21.3 Å². The fourth-order valence-electron chi connectivity index (χ4n) is 4.31. The van der Waals surface area contributed by atoms with E-state index < -0.39 is 0 Å². The van der Waals surface area contributed by atoms with Gasteiger partial charge in [0.05, 0.1) is 0 Å². The average molecular weight is 399 g/mol. The van der Waals surface area contributed by atoms with Gasteiger partial charge in [0.2, 0.25) is 0 Å². The van der Waals surface area contributed by atoms with Crippen LogP contribution in [0.2, 0.25) is 5.02 Å². The van der Waals surface area contributed by atoms with Gasteiger partial charge in [-0.15, -0.1) is 0 Å². The highest BCUT2D eigenvalue weighted by Crippen LogP contribution is 2.30. The van der Waals surface area contributed by atoms with Crippen molar-refractivity contribution in [2.45, 2.75) is 51.0 Å². The summed E-state index contributed by atoms with van der Waals surface area (Å²) in [6.07, 6.45) is 4.38. The van der Waals surface area contributed by atoms with Crippen LogP contribution >= 0.6 is 11.6 Å². The number of halogens is 1. The van der Waals surface area contributed by atoms with Crippen molar-refractivity contribution in [1.29, 1.82) is 0 Å². The second-order valence-electron chi connectivity index (χ2n) is 7.91. The molecule has 1 aromatic carbocycles. The molecule has 5 heteroatoms. The summed E-state index contributed by atoms with van der Waals surface area (Å²) in [6.45, 7) is 4.35. The lowest BCUT2D eigenvalue weighted by Gasteiger charge is -2.33. The van der Waals surface area contributed by atoms with Crippen LogP contribution in [-0.4, -0.2) is 41.6 Å². The maximum atomic E-state index is 12.6. The SMILES string of the molecule is Cc1cc(Cc2ccccc2Cl)cc(C2CCN(C(=O)[C@H]3CCCO3)CC2)n1. The highest BCUT2D eigenvalue weighted by Gasteiger charge is 2.31. The fraction of sp³-hybridized carbons (Fsp3) is 0.478. The standard InChI is InChI=1S/C23H27ClN2O2/c1-16-13-17(14-19-5-2-3-6-20(19)24)15-21(25-16)18-8-10-26(11-9-18)23(27)22-7-4-12-28-22/h2-3,5-6,13,15,18,22H,4,7-12,14H2,1H3/t22-/m1/s1. The van der Waals surface area contributed by atoms with Crippen LogP contribution in [-0.2, 0) is 16.0 Å². The molecule has 148 valence electrons. The maximum Gasteiger partial charge on any atom is 0.251 e. The molecule has 2 aromatic rings. The van der Waals surface area contributed by atoms with E-state index in [2.05, 4.69) is 25.1 Å². The summed E-state index contributed by atoms with van der Waals surface area (Å²) in [6, 6.07) is 12.4. The molecule has 0 saturated carbocycles. The Balaban J connectivity index is 1.43. The Labute approximate surface area is 171 Å². The maximum absolute atomic E-state index is 12.6. The molecule has 0 N–H and O–H groups in total. The van der Waals surface area contributed by atoms with Gasteiger partial charge >= 0.3 is 0 Å². The molecule has 1 atom stereocenters. The number of ether oxygens (including phenoxy) is 1. The van der Waals surface area contributed by atoms with Gasteiger partial charge in [0.25, 0.3) is 5.91 Å². The topological polar surface area (TPSA) is 42.4 Å². The highest BCUT2D eigenvalue weighted by atomic mass is 35.5. The van der Waals surface area contributed by atoms with Gasteiger partial charge in [-0.3, -0.25) is 9.78 Å². The van der Waals surface area contributed by atoms with Crippen molar-refractivity contribution in [1.82, 2.24) is 9.88 Å². The molecular weight excluding hydrogens is 372 g/mol. The van der Waals surface area contributed by atoms with E-state index in [0.29, 0.717) is 12.5 Å². The molecule has 0 bridgehead atoms. The Hall–Kier alpha value is -1.91. The number of hydrogen-bond donors (Lipinski definition) is 0. The first-order valence-electron chi connectivity index (χ1n) is 10.2. The number of carbonyl (C=O) groups is 1. The second-order valence-corrected chi connectivity index (χ2v) is 8.32. The number of aryl methyl sites for hydroxylation is 1. The minimum atomic E-state index is -0.212. The second kappa shape index (κ2) is 8.62. The zero-order valence-corrected chi connectivity index (χ0v) is 17.1. The lowest BCUT2D eigenvalue weighted by atomic mass is 9.91. The minimum Gasteiger partial charge on any atom is -0.368 e. The molecule has 2 aliphatic heterocycles. The third kappa shape index (κ3) is 4.39. The number of benzene rings is 1. The monoisotopic (exact) mass is 398 g/mol. The van der Waals surface area contributed by atoms with Crippen LogP contribution in [0, 0.1) is 6.92 Å². The highest BCUT2D eigenvalue weighted by molar-refractivity contribution is 6.31. The summed E-state index contributed by atoms with van der Waals surface area (Å²) in [5, 5.41) is 0.805. The lowest BCUT2D eigenvalue weighted by Crippen LogP contribution is -2.43. The number of nitrogens with zero attached hydrogens (tertiary/aromatic N) is 2. The van der Waals surface area contributed by atoms with Gasteiger partial charge in [-0.05, 0) is 68.4 Å². The minimum absolute atomic E-state index is 0.174. The Morgan fingerprint density at radius 3 is 2.71 bits per heavy atom. The molecule has 3 heterocycles. The zero-order chi connectivity index (χ0) is 19.5. The quantitative estimate of drug-likeness (QED) is 0.760. The predicted octanol–water partition coefficient (Wildman–Crippen LogP) is 4.52. The number of carbonyl (C=O) groups excluding carboxylic acids is 1. The van der Waals surface area contributed by atoms with Crippen molar-refractivity contribution >= 4 is 17.5 Å². The van der Waals surface area contributed by atoms with Crippen LogP contribution in [0.5, 0.6) is 0 Å². The Kier molecular flexibility index (Phi) is 5.98. The van der Waals surface area contributed by atoms with E-state index in [-0.39, 0.29) is 12.0 Å². The van der Waals surface area contributed by atoms with Gasteiger partial charge in [-0.1, -0.05) is 29.8 Å². The zero-order valence-electron chi connectivity index (χ0n) is 16.4. The van der Waals surface area contributed by atoms with E-state index in [0.717, 1.165) is 67.2 Å². The molecule has 4 rings (SSSR count). The van der Waals surface area contributed by atoms with Crippen LogP contribution in [0.3, 0.4) is 0 Å². The number of piperidine rings is 1. The largest absolute Gasteiger partial charge is 0.368 e. The molecule has 1 amide bonds. The first kappa shape index (κ1) is 19.4. The molecule has 2 fully saturated rings. The molecule has 4 nitrogen and oxygen atoms in total. The number of rotatable bonds is 4. The van der Waals surface area contributed by atoms with Gasteiger partial charge in [0.1, 0.15) is 6.10 Å². The van der Waals surface area contributed by atoms with Gasteiger partial charge in [-0.2, -0.15) is 0 Å². The van der Waals surface area contributed by atoms with E-state index in [9.17, 15) is 4.79 Å². The van der Waals surface area contributed by atoms with Gasteiger partial charge < -0.3 is 9.64 Å². The van der Waals surface area contributed by atoms with Crippen LogP contribution < -0.4 is 0 Å². The summed E-state index contributed by atoms with van der Waals surface area (Å²) in [5.74, 6) is 0.575. The summed E-state index contributed by atoms with van der Waals surface area (Å²) >= 11 is 6.34. The number of hydrogen-bond acceptors (Lipinski definition) is 3. The first-order chi connectivity index (χ1) is 13.6. The van der Waals surface area contributed by atoms with Crippen molar-refractivity contribution in [3.63, 3.8) is 0 Å². The van der Waals surface area contributed by atoms with E-state index in [1.54, 1.807) is 0 Å². The van der Waals surface area contributed by atoms with Crippen LogP contribution in [0.15, 0.2) is 36.4 Å². The van der Waals surface area contributed by atoms with Gasteiger partial charge in [-0.25, -0.2) is 0 Å². The van der Waals surface area contributed by atoms with Crippen LogP contribution in [0.4, 0.5) is 0 Å². The summed E-state index contributed by atoms with van der Waals surface area (Å²) in [7, 11) is 0. The summed E-state index contributed by atoms with van der Waals surface area (Å²) < 4.78 is 5.56. The van der Waals surface area contributed by atoms with E-state index in [1.165, 1.54) is 5.56 Å². The molecule has 2 aliphatic rings. The molecule has 1 aromatic heterocycles. The summed E-state index contributed by atoms with van der Waals surface area (Å²) in [4.78, 5) is 19.3. The Morgan fingerprint density at radius 2 is 2.00 bits per heavy atom. The normalized spacial score (nSPS) is 20.5. The van der Waals surface area contributed by atoms with E-state index >= 15 is 0 Å². The number of pyridine rings is 1. The molecule has 28 heavy (non-hydrogen) atoms. The van der Waals surface area contributed by atoms with Crippen LogP contribution in [0.25, 0.3) is 0 Å². The smallest absolute Gasteiger partial charge is 0.251 e. The molecule has 0 unspecified atom stereocenters. The van der Waals surface area contributed by atoms with Crippen molar-refractivity contribution in [3.8, 4) is 0 Å². The van der Waals surface area contributed by atoms with Gasteiger partial charge in [0.15, 0.2) is 0 Å². The molecule has 0 spiro atoms. The third-order valence-electron chi connectivity index (χ3n) is 5.82. The lowest BCUT2D eigenvalue weighted by molar-refractivity contribution is -0.142. The Bertz CT molecular complexity index is 840. The van der Waals surface area contributed by atoms with E-state index in [1.807, 2.05) is 23.1 Å². The number of likely N-dealkylation sites (tertiary alicyclic amines) is 1. The number of amides is 1. The van der Waals surface area contributed by atoms with Crippen molar-refractivity contribution < 1.29 is 9.53 Å². The average Bonchev–Trinajstić information content (AvgIpc) is 3.24. The van der Waals surface area contributed by atoms with Gasteiger partial charge in [0, 0.05) is 42.0 Å². The number of aromatic nitrogens is 1. The fourth-order valence-corrected chi connectivity index (χ4v) is 4.52. The first-order valence-corrected chi connectivity index (χ1v) is 10.6.